The zero-order chi connectivity index (χ0) is 70.9. The van der Waals surface area contributed by atoms with Gasteiger partial charge < -0.3 is 34.2 Å². The Bertz CT molecular complexity index is 2400. The minimum absolute atomic E-state index is 0.0797. The molecule has 552 valence electrons. The number of rotatable bonds is 68. The maximum atomic E-state index is 12.9. The molecule has 0 aromatic carbocycles. The van der Waals surface area contributed by atoms with Crippen LogP contribution in [0.1, 0.15) is 265 Å². The van der Waals surface area contributed by atoms with Gasteiger partial charge in [-0.05, 0) is 148 Å². The Balaban J connectivity index is 4.61. The first-order valence-corrected chi connectivity index (χ1v) is 39.8. The lowest BCUT2D eigenvalue weighted by atomic mass is 10.1. The van der Waals surface area contributed by atoms with Crippen LogP contribution in [-0.4, -0.2) is 95.9 Å². The lowest BCUT2D eigenvalue weighted by Gasteiger charge is -2.21. The molecule has 0 aromatic rings. The van der Waals surface area contributed by atoms with Crippen LogP contribution in [0.5, 0.6) is 0 Å². The van der Waals surface area contributed by atoms with Gasteiger partial charge >= 0.3 is 33.6 Å². The number of aliphatic hydroxyl groups is 2. The molecule has 0 saturated heterocycles. The lowest BCUT2D eigenvalue weighted by Crippen LogP contribution is -2.30. The topological polar surface area (TPSA) is 231 Å². The second kappa shape index (κ2) is 71.0. The van der Waals surface area contributed by atoms with Crippen molar-refractivity contribution in [2.24, 2.45) is 0 Å². The quantitative estimate of drug-likeness (QED) is 0.0146. The largest absolute Gasteiger partial charge is 0.472 e. The van der Waals surface area contributed by atoms with Crippen molar-refractivity contribution in [1.29, 1.82) is 0 Å². The van der Waals surface area contributed by atoms with E-state index in [1.807, 2.05) is 0 Å². The third-order valence-electron chi connectivity index (χ3n) is 14.7. The first-order valence-electron chi connectivity index (χ1n) is 36.8. The Morgan fingerprint density at radius 1 is 0.299 bits per heavy atom. The highest BCUT2D eigenvalue weighted by Gasteiger charge is 2.29. The summed E-state index contributed by atoms with van der Waals surface area (Å²) in [7, 11) is -9.81. The number of carbonyl (C=O) groups excluding carboxylic acids is 3. The molecule has 0 saturated carbocycles. The van der Waals surface area contributed by atoms with E-state index in [0.29, 0.717) is 19.3 Å². The molecule has 18 heteroatoms. The Kier molecular flexibility index (Phi) is 67.5. The maximum absolute atomic E-state index is 12.9. The molecule has 0 bridgehead atoms. The van der Waals surface area contributed by atoms with Crippen molar-refractivity contribution >= 4 is 33.6 Å². The highest BCUT2D eigenvalue weighted by Crippen LogP contribution is 2.45. The van der Waals surface area contributed by atoms with E-state index in [9.17, 15) is 43.5 Å². The number of hydrogen-bond acceptors (Lipinski definition) is 14. The van der Waals surface area contributed by atoms with Crippen molar-refractivity contribution in [3.05, 3.63) is 158 Å². The molecule has 5 atom stereocenters. The molecule has 16 nitrogen and oxygen atoms in total. The SMILES string of the molecule is CC/C=C\C/C=C\C/C=C\C/C=C\C/C=C\C/C=C\CCCCCCCCCCC(=O)OCC(O)COP(=O)(O)OCC(O)COP(=O)(O)OCC(COC(=O)CCCC/C=C\C/C=C\C/C=C\C/C=C\C/C=C\C/C=C\CC)OC(=O)CCCCCCC/C=C\CCCCCC. The van der Waals surface area contributed by atoms with E-state index in [1.54, 1.807) is 0 Å². The van der Waals surface area contributed by atoms with E-state index in [2.05, 4.69) is 179 Å². The normalized spacial score (nSPS) is 15.0. The molecule has 0 spiro atoms. The van der Waals surface area contributed by atoms with Crippen LogP contribution in [0.4, 0.5) is 0 Å². The van der Waals surface area contributed by atoms with Gasteiger partial charge in [0.1, 0.15) is 25.4 Å². The van der Waals surface area contributed by atoms with Crippen molar-refractivity contribution in [2.45, 2.75) is 283 Å². The standard InChI is InChI=1S/C79H130O16P2/c1-4-7-10-13-16-19-22-25-27-29-31-33-34-35-36-37-38-40-42-43-45-48-50-53-56-59-62-65-77(82)89-68-74(80)69-91-96(85,86)92-70-75(81)71-93-97(87,88)94-73-76(95-79(84)67-64-61-58-55-52-47-24-21-18-15-12-9-6-3)72-90-78(83)66-63-60-57-54-51-49-46-44-41-39-32-30-28-26-23-20-17-14-11-8-5-2/h7-8,10-11,16-17,19-21,24-28,31-33,35-36,38-40,44,46,51,54,74-76,80-81H,4-6,9,12-15,18,22-23,29-30,34,37,41-43,45,47-50,52-53,55-73H2,1-3H3,(H,85,86)(H,87,88)/b10-7-,11-8-,19-16-,20-17-,24-21-,27-25-,28-26-,33-31-,36-35-,39-32-,40-38-,46-44-,54-51-. The molecule has 0 aromatic heterocycles. The molecule has 4 N–H and O–H groups in total. The summed E-state index contributed by atoms with van der Waals surface area (Å²) in [5.41, 5.74) is 0. The van der Waals surface area contributed by atoms with E-state index in [4.69, 9.17) is 32.3 Å². The van der Waals surface area contributed by atoms with Crippen LogP contribution >= 0.6 is 15.6 Å². The van der Waals surface area contributed by atoms with Gasteiger partial charge in [0.2, 0.25) is 0 Å². The van der Waals surface area contributed by atoms with Gasteiger partial charge in [0.15, 0.2) is 6.10 Å². The first kappa shape index (κ1) is 92.2. The molecule has 5 unspecified atom stereocenters. The summed E-state index contributed by atoms with van der Waals surface area (Å²) in [4.78, 5) is 58.5. The minimum atomic E-state index is -4.94. The lowest BCUT2D eigenvalue weighted by molar-refractivity contribution is -0.161. The van der Waals surface area contributed by atoms with Gasteiger partial charge in [-0.1, -0.05) is 256 Å². The zero-order valence-corrected chi connectivity index (χ0v) is 61.7. The van der Waals surface area contributed by atoms with E-state index in [0.717, 1.165) is 161 Å². The predicted octanol–water partition coefficient (Wildman–Crippen LogP) is 21.1. The molecule has 97 heavy (non-hydrogen) atoms. The van der Waals surface area contributed by atoms with Gasteiger partial charge in [-0.15, -0.1) is 0 Å². The summed E-state index contributed by atoms with van der Waals surface area (Å²) in [6.45, 7) is 2.34. The van der Waals surface area contributed by atoms with Crippen molar-refractivity contribution in [1.82, 2.24) is 0 Å². The second-order valence-electron chi connectivity index (χ2n) is 24.0. The Morgan fingerprint density at radius 3 is 0.897 bits per heavy atom. The van der Waals surface area contributed by atoms with Crippen LogP contribution in [0.15, 0.2) is 158 Å². The van der Waals surface area contributed by atoms with Gasteiger partial charge in [-0.25, -0.2) is 9.13 Å². The highest BCUT2D eigenvalue weighted by atomic mass is 31.2. The molecule has 0 rings (SSSR count). The number of carbonyl (C=O) groups is 3. The monoisotopic (exact) mass is 1400 g/mol. The van der Waals surface area contributed by atoms with Gasteiger partial charge in [-0.2, -0.15) is 0 Å². The number of phosphoric ester groups is 2. The number of aliphatic hydroxyl groups excluding tert-OH is 2. The molecular weight excluding hydrogens is 1270 g/mol. The van der Waals surface area contributed by atoms with Crippen LogP contribution in [0, 0.1) is 0 Å². The van der Waals surface area contributed by atoms with Crippen LogP contribution in [0.3, 0.4) is 0 Å². The predicted molar refractivity (Wildman–Crippen MR) is 399 cm³/mol. The van der Waals surface area contributed by atoms with Crippen LogP contribution in [0.2, 0.25) is 0 Å². The van der Waals surface area contributed by atoms with Gasteiger partial charge in [-0.3, -0.25) is 32.5 Å². The molecule has 0 aliphatic rings. The molecule has 0 fully saturated rings. The fraction of sp³-hybridized carbons (Fsp3) is 0.633. The Hall–Kier alpha value is -4.83. The van der Waals surface area contributed by atoms with Crippen LogP contribution in [-0.2, 0) is 55.8 Å². The van der Waals surface area contributed by atoms with E-state index in [-0.39, 0.29) is 19.3 Å². The van der Waals surface area contributed by atoms with E-state index >= 15 is 0 Å². The fourth-order valence-electron chi connectivity index (χ4n) is 9.16. The minimum Gasteiger partial charge on any atom is -0.463 e. The number of hydrogen-bond donors (Lipinski definition) is 4. The maximum Gasteiger partial charge on any atom is 0.472 e. The number of esters is 3. The van der Waals surface area contributed by atoms with Crippen molar-refractivity contribution in [3.8, 4) is 0 Å². The third-order valence-corrected chi connectivity index (χ3v) is 16.6. The summed E-state index contributed by atoms with van der Waals surface area (Å²) in [6.07, 6.45) is 87.3. The van der Waals surface area contributed by atoms with Crippen molar-refractivity contribution in [2.75, 3.05) is 39.6 Å². The first-order chi connectivity index (χ1) is 47.2. The van der Waals surface area contributed by atoms with E-state index < -0.39 is 91.5 Å². The summed E-state index contributed by atoms with van der Waals surface area (Å²) >= 11 is 0. The van der Waals surface area contributed by atoms with Gasteiger partial charge in [0, 0.05) is 19.3 Å². The number of allylic oxidation sites excluding steroid dienone is 26. The molecule has 0 heterocycles. The average molecular weight is 1400 g/mol. The molecule has 0 amide bonds. The fourth-order valence-corrected chi connectivity index (χ4v) is 10.7. The van der Waals surface area contributed by atoms with Crippen molar-refractivity contribution in [3.63, 3.8) is 0 Å². The smallest absolute Gasteiger partial charge is 0.463 e. The molecular formula is C79H130O16P2. The van der Waals surface area contributed by atoms with Gasteiger partial charge in [0.05, 0.1) is 26.4 Å². The second-order valence-corrected chi connectivity index (χ2v) is 26.9. The van der Waals surface area contributed by atoms with Gasteiger partial charge in [0.25, 0.3) is 0 Å². The third kappa shape index (κ3) is 72.2. The van der Waals surface area contributed by atoms with E-state index in [1.165, 1.54) is 44.9 Å². The molecule has 0 aliphatic carbocycles. The number of unbranched alkanes of at least 4 members (excludes halogenated alkanes) is 19. The summed E-state index contributed by atoms with van der Waals surface area (Å²) in [5, 5.41) is 20.6. The average Bonchev–Trinajstić information content (AvgIpc) is 1.63. The Morgan fingerprint density at radius 2 is 0.546 bits per heavy atom. The molecule has 0 aliphatic heterocycles. The zero-order valence-electron chi connectivity index (χ0n) is 59.9. The Labute approximate surface area is 587 Å². The summed E-state index contributed by atoms with van der Waals surface area (Å²) in [5.74, 6) is -1.65. The number of ether oxygens (including phenoxy) is 3. The summed E-state index contributed by atoms with van der Waals surface area (Å²) < 4.78 is 60.9. The van der Waals surface area contributed by atoms with Crippen LogP contribution in [0.25, 0.3) is 0 Å². The molecule has 0 radical (unpaired) electrons. The van der Waals surface area contributed by atoms with Crippen molar-refractivity contribution < 1.29 is 75.8 Å². The highest BCUT2D eigenvalue weighted by molar-refractivity contribution is 7.47. The summed E-state index contributed by atoms with van der Waals surface area (Å²) in [6, 6.07) is 0. The number of phosphoric acid groups is 2. The van der Waals surface area contributed by atoms with Crippen LogP contribution < -0.4 is 0 Å².